The lowest BCUT2D eigenvalue weighted by Gasteiger charge is -2.12. The monoisotopic (exact) mass is 233 g/mol. The van der Waals surface area contributed by atoms with Gasteiger partial charge in [-0.2, -0.15) is 0 Å². The van der Waals surface area contributed by atoms with Crippen LogP contribution >= 0.6 is 11.3 Å². The molecular formula is C12H11NO2S. The van der Waals surface area contributed by atoms with Crippen molar-refractivity contribution in [2.75, 3.05) is 7.11 Å². The van der Waals surface area contributed by atoms with Gasteiger partial charge in [0, 0.05) is 4.53 Å². The van der Waals surface area contributed by atoms with E-state index in [1.54, 1.807) is 0 Å². The molecule has 4 heteroatoms. The predicted octanol–water partition coefficient (Wildman–Crippen LogP) is 0.355. The van der Waals surface area contributed by atoms with E-state index in [4.69, 9.17) is 4.74 Å². The number of fused-ring (bicyclic) bond motifs is 2. The molecule has 0 saturated heterocycles. The van der Waals surface area contributed by atoms with Gasteiger partial charge in [-0.1, -0.05) is 6.08 Å². The highest BCUT2D eigenvalue weighted by atomic mass is 32.1. The van der Waals surface area contributed by atoms with Gasteiger partial charge in [0.2, 0.25) is 0 Å². The zero-order chi connectivity index (χ0) is 11.1. The van der Waals surface area contributed by atoms with Crippen LogP contribution in [0.25, 0.3) is 11.6 Å². The Bertz CT molecular complexity index is 597. The van der Waals surface area contributed by atoms with Crippen LogP contribution in [0.5, 0.6) is 0 Å². The molecule has 2 heterocycles. The molecule has 0 amide bonds. The summed E-state index contributed by atoms with van der Waals surface area (Å²) in [5.41, 5.74) is 1.29. The molecule has 1 N–H and O–H groups in total. The summed E-state index contributed by atoms with van der Waals surface area (Å²) in [5, 5.41) is 4.45. The Hall–Kier alpha value is -1.55. The molecule has 2 aliphatic rings. The third-order valence-corrected chi connectivity index (χ3v) is 4.10. The average Bonchev–Trinajstić information content (AvgIpc) is 2.92. The summed E-state index contributed by atoms with van der Waals surface area (Å²) >= 11 is 1.51. The van der Waals surface area contributed by atoms with Crippen LogP contribution in [0.1, 0.15) is 16.1 Å². The Morgan fingerprint density at radius 2 is 2.50 bits per heavy atom. The molecular weight excluding hydrogens is 222 g/mol. The fraction of sp³-hybridized carbons (Fsp3) is 0.250. The predicted molar refractivity (Wildman–Crippen MR) is 63.5 cm³/mol. The Balaban J connectivity index is 2.24. The van der Waals surface area contributed by atoms with E-state index in [0.29, 0.717) is 10.9 Å². The van der Waals surface area contributed by atoms with Crippen LogP contribution in [-0.4, -0.2) is 19.1 Å². The molecule has 1 aromatic heterocycles. The molecule has 0 radical (unpaired) electrons. The van der Waals surface area contributed by atoms with Gasteiger partial charge in [0.05, 0.1) is 13.2 Å². The molecule has 3 rings (SSSR count). The minimum Gasteiger partial charge on any atom is -0.465 e. The smallest absolute Gasteiger partial charge is 0.348 e. The van der Waals surface area contributed by atoms with E-state index in [0.717, 1.165) is 11.6 Å². The van der Waals surface area contributed by atoms with E-state index >= 15 is 0 Å². The lowest BCUT2D eigenvalue weighted by atomic mass is 10.0. The van der Waals surface area contributed by atoms with E-state index in [-0.39, 0.29) is 5.97 Å². The Labute approximate surface area is 96.7 Å². The van der Waals surface area contributed by atoms with E-state index < -0.39 is 0 Å². The zero-order valence-corrected chi connectivity index (χ0v) is 9.64. The molecule has 0 aromatic carbocycles. The van der Waals surface area contributed by atoms with Crippen molar-refractivity contribution in [3.63, 3.8) is 0 Å². The minimum atomic E-state index is -0.250. The summed E-state index contributed by atoms with van der Waals surface area (Å²) in [6, 6.07) is 2.30. The number of methoxy groups -OCH3 is 1. The van der Waals surface area contributed by atoms with Gasteiger partial charge in [-0.25, -0.2) is 4.79 Å². The Kier molecular flexibility index (Phi) is 2.11. The molecule has 1 aliphatic heterocycles. The zero-order valence-electron chi connectivity index (χ0n) is 8.82. The highest BCUT2D eigenvalue weighted by Gasteiger charge is 2.20. The van der Waals surface area contributed by atoms with Crippen LogP contribution in [0.4, 0.5) is 0 Å². The first-order chi connectivity index (χ1) is 7.79. The average molecular weight is 233 g/mol. The number of nitrogens with one attached hydrogen (secondary N) is 1. The number of carbonyl (C=O) groups excluding carboxylic acids is 1. The molecule has 0 saturated carbocycles. The number of esters is 1. The van der Waals surface area contributed by atoms with Crippen molar-refractivity contribution in [2.45, 2.75) is 12.5 Å². The second kappa shape index (κ2) is 3.49. The number of hydrogen-bond donors (Lipinski definition) is 1. The maximum absolute atomic E-state index is 11.5. The maximum Gasteiger partial charge on any atom is 0.348 e. The van der Waals surface area contributed by atoms with Crippen molar-refractivity contribution < 1.29 is 9.53 Å². The molecule has 0 bridgehead atoms. The second-order valence-corrected chi connectivity index (χ2v) is 4.89. The second-order valence-electron chi connectivity index (χ2n) is 3.83. The number of rotatable bonds is 1. The summed E-state index contributed by atoms with van der Waals surface area (Å²) in [4.78, 5) is 12.1. The Morgan fingerprint density at radius 3 is 3.31 bits per heavy atom. The van der Waals surface area contributed by atoms with Gasteiger partial charge < -0.3 is 10.1 Å². The third kappa shape index (κ3) is 1.30. The highest BCUT2D eigenvalue weighted by molar-refractivity contribution is 7.12. The van der Waals surface area contributed by atoms with Crippen LogP contribution in [-0.2, 0) is 4.74 Å². The molecule has 16 heavy (non-hydrogen) atoms. The third-order valence-electron chi connectivity index (χ3n) is 2.92. The Morgan fingerprint density at radius 1 is 1.62 bits per heavy atom. The number of ether oxygens (including phenoxy) is 1. The van der Waals surface area contributed by atoms with E-state index in [2.05, 4.69) is 17.5 Å². The molecule has 3 nitrogen and oxygen atoms in total. The molecule has 0 fully saturated rings. The quantitative estimate of drug-likeness (QED) is 0.712. The first-order valence-corrected chi connectivity index (χ1v) is 5.96. The van der Waals surface area contributed by atoms with Crippen molar-refractivity contribution in [3.05, 3.63) is 33.0 Å². The molecule has 0 spiro atoms. The van der Waals surface area contributed by atoms with Gasteiger partial charge in [0.1, 0.15) is 4.88 Å². The topological polar surface area (TPSA) is 38.3 Å². The summed E-state index contributed by atoms with van der Waals surface area (Å²) in [6.07, 6.45) is 7.22. The molecule has 1 atom stereocenters. The summed E-state index contributed by atoms with van der Waals surface area (Å²) < 4.78 is 5.93. The fourth-order valence-corrected chi connectivity index (χ4v) is 3.28. The SMILES string of the molecule is COC(=O)c1cc2c(s1)=C1C=CNC1CC=2. The fourth-order valence-electron chi connectivity index (χ4n) is 2.12. The minimum absolute atomic E-state index is 0.250. The van der Waals surface area contributed by atoms with E-state index in [1.165, 1.54) is 28.6 Å². The molecule has 1 unspecified atom stereocenters. The van der Waals surface area contributed by atoms with Gasteiger partial charge >= 0.3 is 5.97 Å². The highest BCUT2D eigenvalue weighted by Crippen LogP contribution is 2.18. The van der Waals surface area contributed by atoms with Crippen LogP contribution in [0.3, 0.4) is 0 Å². The van der Waals surface area contributed by atoms with Gasteiger partial charge in [-0.05, 0) is 35.6 Å². The van der Waals surface area contributed by atoms with Crippen molar-refractivity contribution in [3.8, 4) is 0 Å². The van der Waals surface area contributed by atoms with Crippen LogP contribution in [0, 0.1) is 0 Å². The van der Waals surface area contributed by atoms with E-state index in [1.807, 2.05) is 12.3 Å². The van der Waals surface area contributed by atoms with Gasteiger partial charge in [0.25, 0.3) is 0 Å². The first kappa shape index (κ1) is 9.66. The standard InChI is InChI=1S/C12H11NO2S/c1-15-12(14)10-6-7-2-3-9-8(4-5-13-9)11(7)16-10/h2,4-6,9,13H,3H2,1H3. The molecule has 1 aromatic rings. The number of carbonyl (C=O) groups is 1. The summed E-state index contributed by atoms with van der Waals surface area (Å²) in [6.45, 7) is 0. The van der Waals surface area contributed by atoms with Crippen molar-refractivity contribution in [1.29, 1.82) is 0 Å². The van der Waals surface area contributed by atoms with Crippen LogP contribution in [0.15, 0.2) is 18.3 Å². The summed E-state index contributed by atoms with van der Waals surface area (Å²) in [5.74, 6) is -0.250. The lowest BCUT2D eigenvalue weighted by molar-refractivity contribution is 0.0606. The summed E-state index contributed by atoms with van der Waals surface area (Å²) in [7, 11) is 1.41. The van der Waals surface area contributed by atoms with Gasteiger partial charge in [-0.15, -0.1) is 11.3 Å². The van der Waals surface area contributed by atoms with Crippen LogP contribution in [0.2, 0.25) is 0 Å². The van der Waals surface area contributed by atoms with Crippen molar-refractivity contribution in [1.82, 2.24) is 5.32 Å². The number of hydrogen-bond acceptors (Lipinski definition) is 4. The lowest BCUT2D eigenvalue weighted by Crippen LogP contribution is -2.33. The largest absolute Gasteiger partial charge is 0.465 e. The number of thiophene rings is 1. The van der Waals surface area contributed by atoms with E-state index in [9.17, 15) is 4.79 Å². The van der Waals surface area contributed by atoms with Crippen molar-refractivity contribution >= 4 is 29.0 Å². The van der Waals surface area contributed by atoms with Crippen molar-refractivity contribution in [2.24, 2.45) is 0 Å². The first-order valence-electron chi connectivity index (χ1n) is 5.15. The van der Waals surface area contributed by atoms with Gasteiger partial charge in [-0.3, -0.25) is 0 Å². The molecule has 82 valence electrons. The normalized spacial score (nSPS) is 20.8. The van der Waals surface area contributed by atoms with Crippen LogP contribution < -0.4 is 15.1 Å². The maximum atomic E-state index is 11.5. The molecule has 1 aliphatic carbocycles. The van der Waals surface area contributed by atoms with Gasteiger partial charge in [0.15, 0.2) is 0 Å².